The average molecular weight is 465 g/mol. The zero-order valence-electron chi connectivity index (χ0n) is 17.6. The van der Waals surface area contributed by atoms with E-state index >= 15 is 0 Å². The van der Waals surface area contributed by atoms with Gasteiger partial charge in [-0.1, -0.05) is 36.4 Å². The fourth-order valence-electron chi connectivity index (χ4n) is 3.93. The van der Waals surface area contributed by atoms with E-state index in [9.17, 15) is 17.6 Å². The lowest BCUT2D eigenvalue weighted by Crippen LogP contribution is -2.41. The number of carbonyl (C=O) groups is 1. The molecule has 0 saturated carbocycles. The van der Waals surface area contributed by atoms with Crippen molar-refractivity contribution in [2.24, 2.45) is 0 Å². The third-order valence-electron chi connectivity index (χ3n) is 5.63. The van der Waals surface area contributed by atoms with Crippen LogP contribution in [0.1, 0.15) is 34.7 Å². The molecule has 1 aliphatic heterocycles. The molecule has 1 heterocycles. The molecule has 0 aliphatic carbocycles. The van der Waals surface area contributed by atoms with Crippen molar-refractivity contribution in [2.75, 3.05) is 6.54 Å². The molecule has 0 bridgehead atoms. The number of rotatable bonds is 6. The first-order valence-corrected chi connectivity index (χ1v) is 11.8. The number of nitriles is 1. The van der Waals surface area contributed by atoms with Crippen LogP contribution in [0.5, 0.6) is 0 Å². The first-order chi connectivity index (χ1) is 15.9. The second-order valence-corrected chi connectivity index (χ2v) is 9.60. The van der Waals surface area contributed by atoms with E-state index in [-0.39, 0.29) is 24.5 Å². The Hall–Kier alpha value is -3.54. The van der Waals surface area contributed by atoms with Gasteiger partial charge in [-0.25, -0.2) is 12.8 Å². The molecule has 0 saturated heterocycles. The van der Waals surface area contributed by atoms with Crippen LogP contribution < -0.4 is 0 Å². The van der Waals surface area contributed by atoms with Crippen LogP contribution in [-0.4, -0.2) is 25.2 Å². The largest absolute Gasteiger partial charge is 0.461 e. The molecule has 3 aromatic rings. The van der Waals surface area contributed by atoms with Crippen LogP contribution in [0.25, 0.3) is 0 Å². The Morgan fingerprint density at radius 3 is 2.45 bits per heavy atom. The zero-order chi connectivity index (χ0) is 23.4. The van der Waals surface area contributed by atoms with Crippen molar-refractivity contribution < 1.29 is 22.3 Å². The van der Waals surface area contributed by atoms with Gasteiger partial charge in [0.2, 0.25) is 10.0 Å². The average Bonchev–Trinajstić information content (AvgIpc) is 2.83. The number of hydrogen-bond donors (Lipinski definition) is 0. The van der Waals surface area contributed by atoms with Gasteiger partial charge in [-0.3, -0.25) is 4.79 Å². The van der Waals surface area contributed by atoms with Crippen molar-refractivity contribution in [1.29, 1.82) is 5.26 Å². The summed E-state index contributed by atoms with van der Waals surface area (Å²) in [5, 5.41) is 8.89. The predicted octanol–water partition coefficient (Wildman–Crippen LogP) is 4.12. The molecule has 33 heavy (non-hydrogen) atoms. The molecule has 0 fully saturated rings. The molecule has 4 rings (SSSR count). The summed E-state index contributed by atoms with van der Waals surface area (Å²) in [5.74, 6) is -1.07. The molecule has 168 valence electrons. The third-order valence-corrected chi connectivity index (χ3v) is 7.55. The highest BCUT2D eigenvalue weighted by atomic mass is 32.2. The number of fused-ring (bicyclic) bond motifs is 1. The summed E-state index contributed by atoms with van der Waals surface area (Å²) in [4.78, 5) is 12.7. The summed E-state index contributed by atoms with van der Waals surface area (Å²) in [6.45, 7) is 0.216. The monoisotopic (exact) mass is 464 g/mol. The molecule has 0 amide bonds. The number of hydrogen-bond acceptors (Lipinski definition) is 5. The van der Waals surface area contributed by atoms with Crippen molar-refractivity contribution in [1.82, 2.24) is 4.31 Å². The Labute approximate surface area is 191 Å². The Bertz CT molecular complexity index is 1300. The standard InChI is InChI=1S/C25H21FN2O4S/c26-21-9-11-22(12-10-21)33(30,31)28-14-13-20-3-1-2-4-23(20)24(28)15-25(29)32-17-19-7-5-18(16-27)6-8-19/h1-12,24H,13-15,17H2. The predicted molar refractivity (Wildman–Crippen MR) is 119 cm³/mol. The van der Waals surface area contributed by atoms with Crippen LogP contribution in [0.2, 0.25) is 0 Å². The van der Waals surface area contributed by atoms with Gasteiger partial charge < -0.3 is 4.74 Å². The van der Waals surface area contributed by atoms with Gasteiger partial charge in [0.15, 0.2) is 0 Å². The first kappa shape index (κ1) is 22.6. The Balaban J connectivity index is 1.57. The normalized spacial score (nSPS) is 15.9. The van der Waals surface area contributed by atoms with Crippen molar-refractivity contribution in [3.8, 4) is 6.07 Å². The maximum absolute atomic E-state index is 13.4. The highest BCUT2D eigenvalue weighted by molar-refractivity contribution is 7.89. The smallest absolute Gasteiger partial charge is 0.308 e. The van der Waals surface area contributed by atoms with E-state index in [2.05, 4.69) is 0 Å². The topological polar surface area (TPSA) is 87.5 Å². The van der Waals surface area contributed by atoms with E-state index in [4.69, 9.17) is 10.00 Å². The van der Waals surface area contributed by atoms with Crippen molar-refractivity contribution in [3.63, 3.8) is 0 Å². The molecule has 0 radical (unpaired) electrons. The summed E-state index contributed by atoms with van der Waals surface area (Å²) >= 11 is 0. The minimum absolute atomic E-state index is 0.0175. The number of benzene rings is 3. The quantitative estimate of drug-likeness (QED) is 0.512. The lowest BCUT2D eigenvalue weighted by Gasteiger charge is -2.36. The minimum atomic E-state index is -3.96. The lowest BCUT2D eigenvalue weighted by molar-refractivity contribution is -0.146. The molecular formula is C25H21FN2O4S. The summed E-state index contributed by atoms with van der Waals surface area (Å²) in [6.07, 6.45) is 0.348. The fraction of sp³-hybridized carbons (Fsp3) is 0.200. The minimum Gasteiger partial charge on any atom is -0.461 e. The van der Waals surface area contributed by atoms with Gasteiger partial charge in [0, 0.05) is 6.54 Å². The van der Waals surface area contributed by atoms with Gasteiger partial charge in [-0.15, -0.1) is 0 Å². The summed E-state index contributed by atoms with van der Waals surface area (Å²) in [5.41, 5.74) is 2.96. The SMILES string of the molecule is N#Cc1ccc(COC(=O)CC2c3ccccc3CCN2S(=O)(=O)c2ccc(F)cc2)cc1. The Morgan fingerprint density at radius 1 is 1.06 bits per heavy atom. The van der Waals surface area contributed by atoms with Gasteiger partial charge in [-0.05, 0) is 59.5 Å². The number of sulfonamides is 1. The maximum Gasteiger partial charge on any atom is 0.308 e. The third kappa shape index (κ3) is 4.95. The maximum atomic E-state index is 13.4. The van der Waals surface area contributed by atoms with E-state index in [1.54, 1.807) is 24.3 Å². The van der Waals surface area contributed by atoms with Crippen LogP contribution in [-0.2, 0) is 32.6 Å². The number of ether oxygens (including phenoxy) is 1. The van der Waals surface area contributed by atoms with E-state index in [0.717, 1.165) is 28.8 Å². The number of esters is 1. The van der Waals surface area contributed by atoms with Crippen molar-refractivity contribution in [3.05, 3.63) is 101 Å². The second-order valence-electron chi connectivity index (χ2n) is 7.71. The van der Waals surface area contributed by atoms with Crippen molar-refractivity contribution >= 4 is 16.0 Å². The van der Waals surface area contributed by atoms with Crippen molar-refractivity contribution in [2.45, 2.75) is 30.4 Å². The summed E-state index contributed by atoms with van der Waals surface area (Å²) in [7, 11) is -3.96. The van der Waals surface area contributed by atoms with E-state index in [1.807, 2.05) is 30.3 Å². The summed E-state index contributed by atoms with van der Waals surface area (Å²) in [6, 6.07) is 20.1. The molecule has 0 spiro atoms. The molecule has 0 N–H and O–H groups in total. The molecule has 1 aliphatic rings. The molecule has 1 atom stereocenters. The molecule has 1 unspecified atom stereocenters. The van der Waals surface area contributed by atoms with Gasteiger partial charge in [-0.2, -0.15) is 9.57 Å². The highest BCUT2D eigenvalue weighted by Gasteiger charge is 2.37. The Morgan fingerprint density at radius 2 is 1.76 bits per heavy atom. The fourth-order valence-corrected chi connectivity index (χ4v) is 5.53. The lowest BCUT2D eigenvalue weighted by atomic mass is 9.92. The second kappa shape index (κ2) is 9.53. The number of nitrogens with zero attached hydrogens (tertiary/aromatic N) is 2. The molecule has 6 nitrogen and oxygen atoms in total. The van der Waals surface area contributed by atoms with Crippen LogP contribution in [0.3, 0.4) is 0 Å². The molecule has 0 aromatic heterocycles. The van der Waals surface area contributed by atoms with Gasteiger partial charge in [0.25, 0.3) is 0 Å². The molecule has 8 heteroatoms. The number of halogens is 1. The van der Waals surface area contributed by atoms with Gasteiger partial charge in [0.1, 0.15) is 12.4 Å². The van der Waals surface area contributed by atoms with Gasteiger partial charge >= 0.3 is 5.97 Å². The van der Waals surface area contributed by atoms with E-state index in [1.165, 1.54) is 16.4 Å². The summed E-state index contributed by atoms with van der Waals surface area (Å²) < 4.78 is 46.8. The molecule has 3 aromatic carbocycles. The van der Waals surface area contributed by atoms with Crippen LogP contribution in [0, 0.1) is 17.1 Å². The van der Waals surface area contributed by atoms with Crippen LogP contribution in [0.4, 0.5) is 4.39 Å². The first-order valence-electron chi connectivity index (χ1n) is 10.4. The highest BCUT2D eigenvalue weighted by Crippen LogP contribution is 2.36. The van der Waals surface area contributed by atoms with Crippen LogP contribution >= 0.6 is 0 Å². The molecular weight excluding hydrogens is 443 g/mol. The van der Waals surface area contributed by atoms with E-state index in [0.29, 0.717) is 12.0 Å². The Kier molecular flexibility index (Phi) is 6.54. The van der Waals surface area contributed by atoms with Gasteiger partial charge in [0.05, 0.1) is 29.0 Å². The zero-order valence-corrected chi connectivity index (χ0v) is 18.5. The van der Waals surface area contributed by atoms with E-state index < -0.39 is 27.9 Å². The number of carbonyl (C=O) groups excluding carboxylic acids is 1. The van der Waals surface area contributed by atoms with Crippen LogP contribution in [0.15, 0.2) is 77.7 Å².